The van der Waals surface area contributed by atoms with E-state index in [0.717, 1.165) is 24.9 Å². The van der Waals surface area contributed by atoms with Gasteiger partial charge in [-0.2, -0.15) is 0 Å². The standard InChI is InChI=1S/C48H80NO2/c1-3-5-7-9-11-13-15-16-17-18-19-20-21-22-23-24-26-28-30-32-42-49-43-40-46(41-44-49)35-34-45-36-38-47(39-37-45)51-48(50)33-31-29-27-25-14-12-10-8-6-4-2/h34-41,43-44H,3-33,42H2,1-2H3/q+1/b35-34+. The Morgan fingerprint density at radius 1 is 0.451 bits per heavy atom. The summed E-state index contributed by atoms with van der Waals surface area (Å²) in [6, 6.07) is 12.2. The number of carbonyl (C=O) groups is 1. The first-order valence-corrected chi connectivity index (χ1v) is 22.2. The molecule has 1 aromatic heterocycles. The number of carbonyl (C=O) groups excluding carboxylic acids is 1. The summed E-state index contributed by atoms with van der Waals surface area (Å²) in [7, 11) is 0. The summed E-state index contributed by atoms with van der Waals surface area (Å²) >= 11 is 0. The van der Waals surface area contributed by atoms with Gasteiger partial charge < -0.3 is 4.74 Å². The largest absolute Gasteiger partial charge is 0.427 e. The Bertz CT molecular complexity index is 1070. The average molecular weight is 703 g/mol. The number of unbranched alkanes of at least 4 members (excludes halogenated alkanes) is 28. The summed E-state index contributed by atoms with van der Waals surface area (Å²) in [4.78, 5) is 12.3. The molecule has 51 heavy (non-hydrogen) atoms. The molecule has 1 heterocycles. The molecule has 0 amide bonds. The van der Waals surface area contributed by atoms with Gasteiger partial charge in [-0.15, -0.1) is 0 Å². The molecule has 3 heteroatoms. The molecule has 0 fully saturated rings. The van der Waals surface area contributed by atoms with E-state index in [2.05, 4.69) is 55.1 Å². The number of hydrogen-bond acceptors (Lipinski definition) is 2. The smallest absolute Gasteiger partial charge is 0.311 e. The molecule has 2 rings (SSSR count). The van der Waals surface area contributed by atoms with Gasteiger partial charge in [-0.05, 0) is 36.1 Å². The van der Waals surface area contributed by atoms with E-state index in [1.54, 1.807) is 0 Å². The summed E-state index contributed by atoms with van der Waals surface area (Å²) in [6.45, 7) is 5.66. The summed E-state index contributed by atoms with van der Waals surface area (Å²) in [5, 5.41) is 0. The van der Waals surface area contributed by atoms with Gasteiger partial charge in [0.15, 0.2) is 12.4 Å². The van der Waals surface area contributed by atoms with Gasteiger partial charge >= 0.3 is 5.97 Å². The lowest BCUT2D eigenvalue weighted by atomic mass is 10.0. The van der Waals surface area contributed by atoms with Crippen LogP contribution >= 0.6 is 0 Å². The lowest BCUT2D eigenvalue weighted by molar-refractivity contribution is -0.697. The van der Waals surface area contributed by atoms with Gasteiger partial charge in [0.1, 0.15) is 12.3 Å². The van der Waals surface area contributed by atoms with Gasteiger partial charge in [-0.1, -0.05) is 211 Å². The van der Waals surface area contributed by atoms with Crippen LogP contribution in [0.3, 0.4) is 0 Å². The van der Waals surface area contributed by atoms with Crippen molar-refractivity contribution in [1.29, 1.82) is 0 Å². The van der Waals surface area contributed by atoms with Crippen molar-refractivity contribution < 1.29 is 14.1 Å². The zero-order valence-electron chi connectivity index (χ0n) is 33.7. The molecule has 3 nitrogen and oxygen atoms in total. The Kier molecular flexibility index (Phi) is 29.3. The van der Waals surface area contributed by atoms with Gasteiger partial charge in [0.05, 0.1) is 0 Å². The molecule has 0 radical (unpaired) electrons. The second-order valence-corrected chi connectivity index (χ2v) is 15.4. The molecule has 0 saturated heterocycles. The average Bonchev–Trinajstić information content (AvgIpc) is 3.15. The van der Waals surface area contributed by atoms with Crippen molar-refractivity contribution in [2.24, 2.45) is 0 Å². The first-order valence-electron chi connectivity index (χ1n) is 22.2. The molecule has 2 aromatic rings. The van der Waals surface area contributed by atoms with Crippen molar-refractivity contribution in [1.82, 2.24) is 0 Å². The Labute approximate surface area is 316 Å². The van der Waals surface area contributed by atoms with E-state index in [9.17, 15) is 4.79 Å². The lowest BCUT2D eigenvalue weighted by Crippen LogP contribution is -2.32. The highest BCUT2D eigenvalue weighted by Gasteiger charge is 2.05. The van der Waals surface area contributed by atoms with E-state index in [1.165, 1.54) is 185 Å². The van der Waals surface area contributed by atoms with Crippen LogP contribution in [-0.2, 0) is 11.3 Å². The van der Waals surface area contributed by atoms with Gasteiger partial charge in [0.25, 0.3) is 0 Å². The SMILES string of the molecule is CCCCCCCCCCCCCCCCCCCCCC[n+]1ccc(/C=C/c2ccc(OC(=O)CCCCCCCCCCCC)cc2)cc1. The first kappa shape index (κ1) is 44.7. The van der Waals surface area contributed by atoms with Crippen LogP contribution in [0.5, 0.6) is 5.75 Å². The number of ether oxygens (including phenoxy) is 1. The van der Waals surface area contributed by atoms with Crippen LogP contribution < -0.4 is 9.30 Å². The summed E-state index contributed by atoms with van der Waals surface area (Å²) in [5.41, 5.74) is 2.30. The topological polar surface area (TPSA) is 30.2 Å². The molecular weight excluding hydrogens is 623 g/mol. The highest BCUT2D eigenvalue weighted by molar-refractivity contribution is 5.73. The van der Waals surface area contributed by atoms with Crippen LogP contribution in [0, 0.1) is 0 Å². The van der Waals surface area contributed by atoms with Crippen molar-refractivity contribution in [2.75, 3.05) is 0 Å². The van der Waals surface area contributed by atoms with E-state index >= 15 is 0 Å². The maximum atomic E-state index is 12.3. The maximum Gasteiger partial charge on any atom is 0.311 e. The summed E-state index contributed by atoms with van der Waals surface area (Å²) in [5.74, 6) is 0.515. The zero-order valence-corrected chi connectivity index (χ0v) is 33.7. The molecule has 0 unspecified atom stereocenters. The van der Waals surface area contributed by atoms with Gasteiger partial charge in [-0.3, -0.25) is 4.79 Å². The van der Waals surface area contributed by atoms with Crippen LogP contribution in [0.25, 0.3) is 12.2 Å². The van der Waals surface area contributed by atoms with E-state index < -0.39 is 0 Å². The molecule has 0 aliphatic heterocycles. The number of benzene rings is 1. The number of esters is 1. The van der Waals surface area contributed by atoms with E-state index in [1.807, 2.05) is 24.3 Å². The Morgan fingerprint density at radius 2 is 0.784 bits per heavy atom. The molecule has 0 N–H and O–H groups in total. The van der Waals surface area contributed by atoms with Crippen molar-refractivity contribution >= 4 is 18.1 Å². The fraction of sp³-hybridized carbons (Fsp3) is 0.708. The fourth-order valence-corrected chi connectivity index (χ4v) is 7.06. The molecule has 1 aromatic carbocycles. The molecule has 0 saturated carbocycles. The van der Waals surface area contributed by atoms with Gasteiger partial charge in [0, 0.05) is 25.0 Å². The number of aryl methyl sites for hydroxylation is 1. The minimum Gasteiger partial charge on any atom is -0.427 e. The Hall–Kier alpha value is -2.42. The van der Waals surface area contributed by atoms with Crippen molar-refractivity contribution in [3.05, 3.63) is 59.9 Å². The van der Waals surface area contributed by atoms with Crippen LogP contribution in [0.1, 0.15) is 224 Å². The second-order valence-electron chi connectivity index (χ2n) is 15.4. The zero-order chi connectivity index (χ0) is 36.3. The number of aromatic nitrogens is 1. The third-order valence-corrected chi connectivity index (χ3v) is 10.5. The van der Waals surface area contributed by atoms with Crippen LogP contribution in [0.15, 0.2) is 48.8 Å². The van der Waals surface area contributed by atoms with Crippen molar-refractivity contribution in [3.8, 4) is 5.75 Å². The normalized spacial score (nSPS) is 11.5. The lowest BCUT2D eigenvalue weighted by Gasteiger charge is -2.05. The third-order valence-electron chi connectivity index (χ3n) is 10.5. The van der Waals surface area contributed by atoms with Crippen LogP contribution in [0.4, 0.5) is 0 Å². The first-order chi connectivity index (χ1) is 25.2. The Balaban J connectivity index is 1.41. The maximum absolute atomic E-state index is 12.3. The predicted molar refractivity (Wildman–Crippen MR) is 222 cm³/mol. The predicted octanol–water partition coefficient (Wildman–Crippen LogP) is 15.2. The molecule has 288 valence electrons. The van der Waals surface area contributed by atoms with Crippen LogP contribution in [0.2, 0.25) is 0 Å². The van der Waals surface area contributed by atoms with Crippen molar-refractivity contribution in [2.45, 2.75) is 219 Å². The quantitative estimate of drug-likeness (QED) is 0.0310. The molecule has 0 aliphatic rings. The minimum absolute atomic E-state index is 0.120. The second kappa shape index (κ2) is 33.4. The van der Waals surface area contributed by atoms with Gasteiger partial charge in [0.2, 0.25) is 0 Å². The summed E-state index contributed by atoms with van der Waals surface area (Å²) in [6.07, 6.45) is 50.3. The molecule has 0 atom stereocenters. The minimum atomic E-state index is -0.120. The molecular formula is C48H80NO2+. The van der Waals surface area contributed by atoms with Crippen molar-refractivity contribution in [3.63, 3.8) is 0 Å². The van der Waals surface area contributed by atoms with E-state index in [-0.39, 0.29) is 5.97 Å². The van der Waals surface area contributed by atoms with E-state index in [4.69, 9.17) is 4.74 Å². The highest BCUT2D eigenvalue weighted by atomic mass is 16.5. The fourth-order valence-electron chi connectivity index (χ4n) is 7.06. The van der Waals surface area contributed by atoms with E-state index in [0.29, 0.717) is 12.2 Å². The van der Waals surface area contributed by atoms with Crippen LogP contribution in [-0.4, -0.2) is 5.97 Å². The number of rotatable bonds is 35. The number of pyridine rings is 1. The molecule has 0 spiro atoms. The summed E-state index contributed by atoms with van der Waals surface area (Å²) < 4.78 is 7.88. The molecule has 0 aliphatic carbocycles. The number of nitrogens with zero attached hydrogens (tertiary/aromatic N) is 1. The number of hydrogen-bond donors (Lipinski definition) is 0. The molecule has 0 bridgehead atoms. The third kappa shape index (κ3) is 26.9. The monoisotopic (exact) mass is 703 g/mol. The Morgan fingerprint density at radius 3 is 1.18 bits per heavy atom. The highest BCUT2D eigenvalue weighted by Crippen LogP contribution is 2.18. The van der Waals surface area contributed by atoms with Gasteiger partial charge in [-0.25, -0.2) is 4.57 Å².